The first-order valence-electron chi connectivity index (χ1n) is 11.2. The van der Waals surface area contributed by atoms with E-state index in [1.54, 1.807) is 10.9 Å². The molecule has 1 N–H and O–H groups in total. The molecule has 0 saturated carbocycles. The third-order valence-electron chi connectivity index (χ3n) is 7.51. The molecule has 2 aliphatic heterocycles. The van der Waals surface area contributed by atoms with E-state index in [1.807, 2.05) is 43.1 Å². The predicted molar refractivity (Wildman–Crippen MR) is 123 cm³/mol. The fourth-order valence-electron chi connectivity index (χ4n) is 5.68. The van der Waals surface area contributed by atoms with Crippen LogP contribution in [0.1, 0.15) is 37.3 Å². The molecule has 6 rings (SSSR count). The Labute approximate surface area is 185 Å². The highest BCUT2D eigenvalue weighted by Gasteiger charge is 2.39. The van der Waals surface area contributed by atoms with Crippen LogP contribution < -0.4 is 5.56 Å². The number of piperidine rings is 1. The van der Waals surface area contributed by atoms with Gasteiger partial charge in [0, 0.05) is 54.7 Å². The van der Waals surface area contributed by atoms with Crippen molar-refractivity contribution in [2.24, 2.45) is 7.05 Å². The maximum atomic E-state index is 13.3. The summed E-state index contributed by atoms with van der Waals surface area (Å²) < 4.78 is 3.60. The van der Waals surface area contributed by atoms with Crippen LogP contribution in [0.25, 0.3) is 33.2 Å². The average molecular weight is 431 g/mol. The van der Waals surface area contributed by atoms with Gasteiger partial charge in [-0.3, -0.25) is 9.48 Å². The van der Waals surface area contributed by atoms with Crippen molar-refractivity contribution < 1.29 is 5.11 Å². The number of fused-ring (bicyclic) bond motifs is 4. The molecular weight excluding hydrogens is 404 g/mol. The van der Waals surface area contributed by atoms with Crippen LogP contribution in [0.2, 0.25) is 0 Å². The number of nitrogens with zero attached hydrogens (tertiary/aromatic N) is 6. The molecule has 5 heterocycles. The quantitative estimate of drug-likeness (QED) is 0.526. The number of phenolic OH excluding ortho intramolecular Hbond substituents is 1. The van der Waals surface area contributed by atoms with Crippen molar-refractivity contribution in [2.45, 2.75) is 50.7 Å². The number of aromatic nitrogens is 5. The van der Waals surface area contributed by atoms with Gasteiger partial charge in [0.25, 0.3) is 5.56 Å². The number of hydrogen-bond donors (Lipinski definition) is 1. The summed E-state index contributed by atoms with van der Waals surface area (Å²) in [7, 11) is 4.06. The zero-order chi connectivity index (χ0) is 22.1. The molecule has 3 aromatic heterocycles. The lowest BCUT2D eigenvalue weighted by Gasteiger charge is -2.37. The second-order valence-corrected chi connectivity index (χ2v) is 9.33. The Morgan fingerprint density at radius 1 is 1.12 bits per heavy atom. The monoisotopic (exact) mass is 430 g/mol. The van der Waals surface area contributed by atoms with E-state index in [1.165, 1.54) is 12.8 Å². The van der Waals surface area contributed by atoms with Crippen LogP contribution in [0, 0.1) is 6.92 Å². The summed E-state index contributed by atoms with van der Waals surface area (Å²) >= 11 is 0. The average Bonchev–Trinajstić information content (AvgIpc) is 3.23. The minimum absolute atomic E-state index is 0.0360. The lowest BCUT2D eigenvalue weighted by molar-refractivity contribution is 0.136. The summed E-state index contributed by atoms with van der Waals surface area (Å²) in [4.78, 5) is 24.9. The molecule has 32 heavy (non-hydrogen) atoms. The Morgan fingerprint density at radius 2 is 1.88 bits per heavy atom. The highest BCUT2D eigenvalue weighted by Crippen LogP contribution is 2.39. The Bertz CT molecular complexity index is 1420. The predicted octanol–water partition coefficient (Wildman–Crippen LogP) is 3.16. The molecule has 1 aromatic carbocycles. The number of hydrogen-bond acceptors (Lipinski definition) is 6. The van der Waals surface area contributed by atoms with E-state index >= 15 is 0 Å². The van der Waals surface area contributed by atoms with E-state index in [0.717, 1.165) is 23.7 Å². The van der Waals surface area contributed by atoms with E-state index in [4.69, 9.17) is 0 Å². The fourth-order valence-corrected chi connectivity index (χ4v) is 5.68. The van der Waals surface area contributed by atoms with Gasteiger partial charge in [0.2, 0.25) is 0 Å². The largest absolute Gasteiger partial charge is 0.507 e. The Hall–Kier alpha value is -3.26. The van der Waals surface area contributed by atoms with Crippen LogP contribution in [0.15, 0.2) is 35.5 Å². The summed E-state index contributed by atoms with van der Waals surface area (Å²) in [5.41, 5.74) is 2.54. The molecule has 4 aromatic rings. The van der Waals surface area contributed by atoms with Crippen LogP contribution in [-0.2, 0) is 7.05 Å². The third kappa shape index (κ3) is 2.79. The molecule has 8 heteroatoms. The van der Waals surface area contributed by atoms with Crippen molar-refractivity contribution in [3.8, 4) is 17.1 Å². The standard InChI is InChI=1S/C24H26N6O2/c1-13-21-14(12-28(2)27-21)8-18(22(13)31)23-25-11-19-20(26-23)6-7-30(24(19)32)17-9-15-4-5-16(10-17)29(15)3/h6-8,11-12,15-17,31H,4-5,9-10H2,1-3H3/t15-,16+,17?. The smallest absolute Gasteiger partial charge is 0.261 e. The molecule has 1 unspecified atom stereocenters. The molecular formula is C24H26N6O2. The Morgan fingerprint density at radius 3 is 2.62 bits per heavy atom. The van der Waals surface area contributed by atoms with Crippen molar-refractivity contribution in [3.63, 3.8) is 0 Å². The highest BCUT2D eigenvalue weighted by molar-refractivity contribution is 5.90. The van der Waals surface area contributed by atoms with Crippen LogP contribution in [-0.4, -0.2) is 53.5 Å². The van der Waals surface area contributed by atoms with Crippen LogP contribution >= 0.6 is 0 Å². The maximum Gasteiger partial charge on any atom is 0.261 e. The minimum atomic E-state index is -0.0360. The van der Waals surface area contributed by atoms with Gasteiger partial charge in [-0.05, 0) is 51.8 Å². The van der Waals surface area contributed by atoms with Gasteiger partial charge in [0.15, 0.2) is 5.82 Å². The van der Waals surface area contributed by atoms with Gasteiger partial charge in [-0.2, -0.15) is 5.10 Å². The first-order valence-corrected chi connectivity index (χ1v) is 11.2. The second kappa shape index (κ2) is 6.87. The summed E-state index contributed by atoms with van der Waals surface area (Å²) in [6, 6.07) is 5.10. The molecule has 0 aliphatic carbocycles. The molecule has 0 amide bonds. The van der Waals surface area contributed by atoms with Crippen LogP contribution in [0.5, 0.6) is 5.75 Å². The topological polar surface area (TPSA) is 89.1 Å². The lowest BCUT2D eigenvalue weighted by Crippen LogP contribution is -2.42. The van der Waals surface area contributed by atoms with E-state index in [0.29, 0.717) is 39.9 Å². The van der Waals surface area contributed by atoms with E-state index < -0.39 is 0 Å². The van der Waals surface area contributed by atoms with Gasteiger partial charge in [-0.1, -0.05) is 0 Å². The summed E-state index contributed by atoms with van der Waals surface area (Å²) in [6.45, 7) is 1.84. The number of pyridine rings is 1. The summed E-state index contributed by atoms with van der Waals surface area (Å²) in [5.74, 6) is 0.518. The maximum absolute atomic E-state index is 13.3. The number of aromatic hydroxyl groups is 1. The molecule has 164 valence electrons. The van der Waals surface area contributed by atoms with Gasteiger partial charge in [-0.15, -0.1) is 0 Å². The summed E-state index contributed by atoms with van der Waals surface area (Å²) in [5, 5.41) is 16.6. The molecule has 2 bridgehead atoms. The van der Waals surface area contributed by atoms with Crippen molar-refractivity contribution in [1.29, 1.82) is 0 Å². The van der Waals surface area contributed by atoms with Crippen LogP contribution in [0.4, 0.5) is 0 Å². The van der Waals surface area contributed by atoms with Gasteiger partial charge >= 0.3 is 0 Å². The molecule has 3 atom stereocenters. The van der Waals surface area contributed by atoms with Crippen molar-refractivity contribution in [2.75, 3.05) is 7.05 Å². The highest BCUT2D eigenvalue weighted by atomic mass is 16.3. The van der Waals surface area contributed by atoms with E-state index in [9.17, 15) is 9.90 Å². The number of aryl methyl sites for hydroxylation is 2. The number of rotatable bonds is 2. The van der Waals surface area contributed by atoms with E-state index in [-0.39, 0.29) is 17.4 Å². The van der Waals surface area contributed by atoms with Gasteiger partial charge in [0.1, 0.15) is 5.75 Å². The first kappa shape index (κ1) is 19.4. The van der Waals surface area contributed by atoms with Crippen molar-refractivity contribution in [1.82, 2.24) is 29.2 Å². The molecule has 0 radical (unpaired) electrons. The molecule has 2 fully saturated rings. The van der Waals surface area contributed by atoms with Gasteiger partial charge in [0.05, 0.1) is 22.0 Å². The first-order chi connectivity index (χ1) is 15.4. The Balaban J connectivity index is 1.42. The fraction of sp³-hybridized carbons (Fsp3) is 0.417. The normalized spacial score (nSPS) is 23.4. The van der Waals surface area contributed by atoms with Crippen molar-refractivity contribution >= 4 is 21.8 Å². The number of phenols is 1. The molecule has 2 aliphatic rings. The third-order valence-corrected chi connectivity index (χ3v) is 7.51. The second-order valence-electron chi connectivity index (χ2n) is 9.33. The zero-order valence-electron chi connectivity index (χ0n) is 18.5. The van der Waals surface area contributed by atoms with Crippen LogP contribution in [0.3, 0.4) is 0 Å². The summed E-state index contributed by atoms with van der Waals surface area (Å²) in [6.07, 6.45) is 9.84. The lowest BCUT2D eigenvalue weighted by atomic mass is 9.97. The molecule has 0 spiro atoms. The van der Waals surface area contributed by atoms with Gasteiger partial charge < -0.3 is 14.6 Å². The number of benzene rings is 1. The molecule has 2 saturated heterocycles. The minimum Gasteiger partial charge on any atom is -0.507 e. The van der Waals surface area contributed by atoms with E-state index in [2.05, 4.69) is 27.0 Å². The van der Waals surface area contributed by atoms with Gasteiger partial charge in [-0.25, -0.2) is 9.97 Å². The molecule has 8 nitrogen and oxygen atoms in total. The van der Waals surface area contributed by atoms with Crippen molar-refractivity contribution in [3.05, 3.63) is 46.6 Å². The Kier molecular flexibility index (Phi) is 4.17. The zero-order valence-corrected chi connectivity index (χ0v) is 18.5. The SMILES string of the molecule is Cc1c(O)c(-c2ncc3c(=O)n(C4C[C@H]5CC[C@@H](C4)N5C)ccc3n2)cc2cn(C)nc12.